The van der Waals surface area contributed by atoms with Crippen molar-refractivity contribution < 1.29 is 4.57 Å². The lowest BCUT2D eigenvalue weighted by atomic mass is 10.2. The fourth-order valence-corrected chi connectivity index (χ4v) is 4.82. The first-order valence-electron chi connectivity index (χ1n) is 4.17. The molecule has 2 nitrogen and oxygen atoms in total. The molecule has 0 unspecified atom stereocenters. The van der Waals surface area contributed by atoms with Crippen LogP contribution in [0.25, 0.3) is 0 Å². The molecule has 0 aliphatic heterocycles. The van der Waals surface area contributed by atoms with Crippen molar-refractivity contribution in [2.45, 2.75) is 6.92 Å². The van der Waals surface area contributed by atoms with Crippen LogP contribution in [0.3, 0.4) is 0 Å². The molecule has 1 N–H and O–H groups in total. The Morgan fingerprint density at radius 3 is 2.29 bits per heavy atom. The van der Waals surface area contributed by atoms with E-state index < -0.39 is 5.70 Å². The molecule has 78 valence electrons. The minimum atomic E-state index is -2.35. The summed E-state index contributed by atoms with van der Waals surface area (Å²) in [6.45, 7) is 2.01. The highest BCUT2D eigenvalue weighted by Crippen LogP contribution is 2.66. The zero-order chi connectivity index (χ0) is 10.6. The Morgan fingerprint density at radius 2 is 1.79 bits per heavy atom. The molecule has 0 saturated heterocycles. The van der Waals surface area contributed by atoms with Gasteiger partial charge in [-0.3, -0.25) is 4.57 Å². The van der Waals surface area contributed by atoms with Crippen molar-refractivity contribution in [1.82, 2.24) is 0 Å². The Balaban J connectivity index is 2.88. The zero-order valence-electron chi connectivity index (χ0n) is 8.48. The van der Waals surface area contributed by atoms with E-state index in [0.29, 0.717) is 0 Å². The first kappa shape index (κ1) is 12.0. The van der Waals surface area contributed by atoms with Crippen molar-refractivity contribution in [1.29, 1.82) is 0 Å². The van der Waals surface area contributed by atoms with Gasteiger partial charge >= 0.3 is 0 Å². The van der Waals surface area contributed by atoms with Crippen LogP contribution in [0.5, 0.6) is 0 Å². The van der Waals surface area contributed by atoms with Crippen molar-refractivity contribution in [2.24, 2.45) is 0 Å². The van der Waals surface area contributed by atoms with Crippen LogP contribution in [-0.2, 0) is 4.57 Å². The number of aryl methyl sites for hydroxylation is 1. The molecule has 0 saturated carbocycles. The molecule has 14 heavy (non-hydrogen) atoms. The molecule has 1 aromatic rings. The van der Waals surface area contributed by atoms with Crippen molar-refractivity contribution in [2.75, 3.05) is 17.6 Å². The summed E-state index contributed by atoms with van der Waals surface area (Å²) in [5.41, 5.74) is -0.268. The maximum atomic E-state index is 12.1. The molecule has 5 heteroatoms. The Bertz CT molecular complexity index is 348. The third kappa shape index (κ3) is 2.97. The van der Waals surface area contributed by atoms with E-state index >= 15 is 0 Å². The van der Waals surface area contributed by atoms with Gasteiger partial charge in [-0.2, -0.15) is 0 Å². The monoisotopic (exact) mass is 247 g/mol. The molecule has 0 fully saturated rings. The molecule has 0 aliphatic carbocycles. The van der Waals surface area contributed by atoms with Gasteiger partial charge in [-0.1, -0.05) is 41.0 Å². The average molecular weight is 247 g/mol. The van der Waals surface area contributed by atoms with Gasteiger partial charge in [-0.25, -0.2) is 0 Å². The summed E-state index contributed by atoms with van der Waals surface area (Å²) < 4.78 is 12.1. The van der Waals surface area contributed by atoms with E-state index in [1.165, 1.54) is 22.8 Å². The maximum absolute atomic E-state index is 12.1. The molecule has 0 radical (unpaired) electrons. The first-order chi connectivity index (χ1) is 6.61. The van der Waals surface area contributed by atoms with E-state index in [9.17, 15) is 4.57 Å². The fourth-order valence-electron chi connectivity index (χ4n) is 1.01. The summed E-state index contributed by atoms with van der Waals surface area (Å²) in [6, 6.07) is 7.88. The summed E-state index contributed by atoms with van der Waals surface area (Å²) in [5.74, 6) is 0. The van der Waals surface area contributed by atoms with E-state index in [1.807, 2.05) is 43.7 Å². The summed E-state index contributed by atoms with van der Waals surface area (Å²) in [4.78, 5) is 0. The lowest BCUT2D eigenvalue weighted by Crippen LogP contribution is -1.92. The molecule has 0 heterocycles. The highest BCUT2D eigenvalue weighted by atomic mass is 33.1. The van der Waals surface area contributed by atoms with Gasteiger partial charge in [0, 0.05) is 5.69 Å². The Hall–Kier alpha value is -0.0500. The van der Waals surface area contributed by atoms with Crippen LogP contribution < -0.4 is 5.09 Å². The van der Waals surface area contributed by atoms with Crippen LogP contribution in [0.15, 0.2) is 24.3 Å². The van der Waals surface area contributed by atoms with E-state index in [0.717, 1.165) is 11.3 Å². The molecule has 0 atom stereocenters. The normalized spacial score (nSPS) is 11.4. The van der Waals surface area contributed by atoms with Crippen molar-refractivity contribution in [3.8, 4) is 0 Å². The van der Waals surface area contributed by atoms with Crippen molar-refractivity contribution in [3.05, 3.63) is 29.8 Å². The number of hydrogen-bond donors (Lipinski definition) is 1. The Kier molecular flexibility index (Phi) is 4.42. The van der Waals surface area contributed by atoms with E-state index in [-0.39, 0.29) is 0 Å². The second-order valence-corrected chi connectivity index (χ2v) is 10.7. The number of benzene rings is 1. The molecular formula is C9H14NOPS2. The number of rotatable bonds is 4. The molecule has 0 spiro atoms. The minimum Gasteiger partial charge on any atom is -0.320 e. The second kappa shape index (κ2) is 5.15. The minimum absolute atomic E-state index is 0.958. The summed E-state index contributed by atoms with van der Waals surface area (Å²) in [5, 5.41) is 3.10. The van der Waals surface area contributed by atoms with E-state index in [1.54, 1.807) is 0 Å². The molecular weight excluding hydrogens is 233 g/mol. The molecule has 0 amide bonds. The lowest BCUT2D eigenvalue weighted by molar-refractivity contribution is 0.596. The van der Waals surface area contributed by atoms with Gasteiger partial charge in [0.05, 0.1) is 0 Å². The SMILES string of the molecule is CSP(=O)(Nc1ccccc1C)SC. The Morgan fingerprint density at radius 1 is 1.21 bits per heavy atom. The Labute approximate surface area is 93.2 Å². The van der Waals surface area contributed by atoms with Crippen molar-refractivity contribution >= 4 is 34.1 Å². The fraction of sp³-hybridized carbons (Fsp3) is 0.333. The van der Waals surface area contributed by atoms with Crippen LogP contribution in [0.1, 0.15) is 5.56 Å². The standard InChI is InChI=1S/C9H14NOPS2/c1-8-6-4-5-7-9(8)10-12(11,13-2)14-3/h4-7H,1-3H3,(H,10,11). The van der Waals surface area contributed by atoms with E-state index in [4.69, 9.17) is 0 Å². The van der Waals surface area contributed by atoms with Gasteiger partial charge in [-0.15, -0.1) is 0 Å². The number of para-hydroxylation sites is 1. The predicted molar refractivity (Wildman–Crippen MR) is 69.4 cm³/mol. The first-order valence-corrected chi connectivity index (χ1v) is 9.53. The molecule has 1 aromatic carbocycles. The number of hydrogen-bond acceptors (Lipinski definition) is 3. The molecule has 0 aromatic heterocycles. The molecule has 0 bridgehead atoms. The topological polar surface area (TPSA) is 29.1 Å². The zero-order valence-corrected chi connectivity index (χ0v) is 11.0. The van der Waals surface area contributed by atoms with Gasteiger partial charge in [0.25, 0.3) is 5.70 Å². The van der Waals surface area contributed by atoms with Gasteiger partial charge in [0.2, 0.25) is 0 Å². The van der Waals surface area contributed by atoms with Crippen molar-refractivity contribution in [3.63, 3.8) is 0 Å². The van der Waals surface area contributed by atoms with Crippen LogP contribution in [0.4, 0.5) is 5.69 Å². The largest absolute Gasteiger partial charge is 0.320 e. The smallest absolute Gasteiger partial charge is 0.277 e. The van der Waals surface area contributed by atoms with Gasteiger partial charge in [-0.05, 0) is 31.1 Å². The number of anilines is 1. The quantitative estimate of drug-likeness (QED) is 0.806. The highest BCUT2D eigenvalue weighted by Gasteiger charge is 2.19. The molecule has 0 aliphatic rings. The van der Waals surface area contributed by atoms with Gasteiger partial charge in [0.15, 0.2) is 0 Å². The summed E-state index contributed by atoms with van der Waals surface area (Å²) in [6.07, 6.45) is 3.73. The van der Waals surface area contributed by atoms with Crippen LogP contribution in [0.2, 0.25) is 0 Å². The third-order valence-corrected chi connectivity index (χ3v) is 9.47. The molecule has 1 rings (SSSR count). The van der Waals surface area contributed by atoms with Crippen LogP contribution in [0, 0.1) is 6.92 Å². The number of nitrogens with one attached hydrogen (secondary N) is 1. The highest BCUT2D eigenvalue weighted by molar-refractivity contribution is 8.90. The van der Waals surface area contributed by atoms with E-state index in [2.05, 4.69) is 5.09 Å². The second-order valence-electron chi connectivity index (χ2n) is 2.79. The lowest BCUT2D eigenvalue weighted by Gasteiger charge is -2.16. The average Bonchev–Trinajstić information content (AvgIpc) is 2.21. The third-order valence-electron chi connectivity index (χ3n) is 1.88. The van der Waals surface area contributed by atoms with Gasteiger partial charge < -0.3 is 5.09 Å². The van der Waals surface area contributed by atoms with Gasteiger partial charge in [0.1, 0.15) is 0 Å². The van der Waals surface area contributed by atoms with Crippen LogP contribution in [-0.4, -0.2) is 12.5 Å². The summed E-state index contributed by atoms with van der Waals surface area (Å²) >= 11 is 2.77. The summed E-state index contributed by atoms with van der Waals surface area (Å²) in [7, 11) is 0. The maximum Gasteiger partial charge on any atom is 0.277 e. The van der Waals surface area contributed by atoms with Crippen LogP contribution >= 0.6 is 28.5 Å². The predicted octanol–water partition coefficient (Wildman–Crippen LogP) is 4.24.